The van der Waals surface area contributed by atoms with Crippen LogP contribution in [0.4, 0.5) is 19.0 Å². The highest BCUT2D eigenvalue weighted by Gasteiger charge is 2.31. The number of hydrazone groups is 1. The second-order valence-corrected chi connectivity index (χ2v) is 5.19. The third kappa shape index (κ3) is 4.11. The molecule has 22 heavy (non-hydrogen) atoms. The molecule has 0 unspecified atom stereocenters. The summed E-state index contributed by atoms with van der Waals surface area (Å²) in [5.74, 6) is 0.125. The standard InChI is InChI=1S/C14H10Cl2F3N3/c1-22(21-7-9-2-4-11(15)5-3-9)13-12(16)6-10(8-20-13)14(17,18)19/h2-8H,1H3/b21-7-. The molecule has 3 nitrogen and oxygen atoms in total. The monoisotopic (exact) mass is 347 g/mol. The molecule has 8 heteroatoms. The maximum absolute atomic E-state index is 12.6. The molecule has 0 atom stereocenters. The zero-order chi connectivity index (χ0) is 16.3. The maximum Gasteiger partial charge on any atom is 0.417 e. The van der Waals surface area contributed by atoms with Crippen molar-refractivity contribution in [2.24, 2.45) is 5.10 Å². The Morgan fingerprint density at radius 2 is 1.82 bits per heavy atom. The summed E-state index contributed by atoms with van der Waals surface area (Å²) in [6.07, 6.45) is -2.25. The van der Waals surface area contributed by atoms with Crippen LogP contribution >= 0.6 is 23.2 Å². The van der Waals surface area contributed by atoms with Gasteiger partial charge in [0.2, 0.25) is 0 Å². The number of aromatic nitrogens is 1. The van der Waals surface area contributed by atoms with E-state index in [9.17, 15) is 13.2 Å². The lowest BCUT2D eigenvalue weighted by Gasteiger charge is -2.15. The van der Waals surface area contributed by atoms with E-state index in [1.54, 1.807) is 24.3 Å². The van der Waals surface area contributed by atoms with Crippen LogP contribution in [0.3, 0.4) is 0 Å². The maximum atomic E-state index is 12.6. The number of hydrogen-bond donors (Lipinski definition) is 0. The van der Waals surface area contributed by atoms with Crippen molar-refractivity contribution in [1.82, 2.24) is 4.98 Å². The Hall–Kier alpha value is -1.79. The highest BCUT2D eigenvalue weighted by molar-refractivity contribution is 6.33. The van der Waals surface area contributed by atoms with Gasteiger partial charge in [-0.1, -0.05) is 35.3 Å². The number of hydrogen-bond acceptors (Lipinski definition) is 3. The van der Waals surface area contributed by atoms with Gasteiger partial charge in [-0.2, -0.15) is 18.3 Å². The quantitative estimate of drug-likeness (QED) is 0.584. The smallest absolute Gasteiger partial charge is 0.250 e. The first-order valence-electron chi connectivity index (χ1n) is 6.03. The predicted octanol–water partition coefficient (Wildman–Crippen LogP) is 4.88. The fraction of sp³-hybridized carbons (Fsp3) is 0.143. The Balaban J connectivity index is 2.19. The van der Waals surface area contributed by atoms with Gasteiger partial charge in [-0.25, -0.2) is 9.99 Å². The van der Waals surface area contributed by atoms with Crippen molar-refractivity contribution in [3.05, 3.63) is 57.7 Å². The van der Waals surface area contributed by atoms with Gasteiger partial charge in [-0.05, 0) is 23.8 Å². The van der Waals surface area contributed by atoms with Gasteiger partial charge < -0.3 is 0 Å². The van der Waals surface area contributed by atoms with Crippen molar-refractivity contribution in [3.8, 4) is 0 Å². The van der Waals surface area contributed by atoms with E-state index in [4.69, 9.17) is 23.2 Å². The fourth-order valence-corrected chi connectivity index (χ4v) is 2.00. The van der Waals surface area contributed by atoms with Crippen LogP contribution in [-0.4, -0.2) is 18.2 Å². The highest BCUT2D eigenvalue weighted by atomic mass is 35.5. The topological polar surface area (TPSA) is 28.5 Å². The largest absolute Gasteiger partial charge is 0.417 e. The summed E-state index contributed by atoms with van der Waals surface area (Å²) in [7, 11) is 1.54. The van der Waals surface area contributed by atoms with Gasteiger partial charge in [0.15, 0.2) is 5.82 Å². The molecule has 0 saturated heterocycles. The van der Waals surface area contributed by atoms with Crippen LogP contribution < -0.4 is 5.01 Å². The Morgan fingerprint density at radius 3 is 2.36 bits per heavy atom. The second kappa shape index (κ2) is 6.54. The van der Waals surface area contributed by atoms with Gasteiger partial charge in [0.25, 0.3) is 0 Å². The summed E-state index contributed by atoms with van der Waals surface area (Å²) in [5, 5.41) is 5.83. The first kappa shape index (κ1) is 16.6. The molecule has 0 aliphatic rings. The summed E-state index contributed by atoms with van der Waals surface area (Å²) in [4.78, 5) is 3.71. The molecular weight excluding hydrogens is 338 g/mol. The van der Waals surface area contributed by atoms with Gasteiger partial charge in [-0.3, -0.25) is 0 Å². The zero-order valence-electron chi connectivity index (χ0n) is 11.3. The van der Waals surface area contributed by atoms with Gasteiger partial charge in [-0.15, -0.1) is 0 Å². The Labute approximate surface area is 135 Å². The van der Waals surface area contributed by atoms with E-state index >= 15 is 0 Å². The van der Waals surface area contributed by atoms with E-state index in [0.29, 0.717) is 5.02 Å². The molecule has 0 aliphatic carbocycles. The van der Waals surface area contributed by atoms with Crippen molar-refractivity contribution >= 4 is 35.2 Å². The Bertz CT molecular complexity index is 685. The Morgan fingerprint density at radius 1 is 1.18 bits per heavy atom. The van der Waals surface area contributed by atoms with Gasteiger partial charge in [0.05, 0.1) is 16.8 Å². The van der Waals surface area contributed by atoms with Crippen LogP contribution in [0.5, 0.6) is 0 Å². The number of anilines is 1. The lowest BCUT2D eigenvalue weighted by atomic mass is 10.2. The third-order valence-corrected chi connectivity index (χ3v) is 3.24. The molecule has 0 aliphatic heterocycles. The fourth-order valence-electron chi connectivity index (χ4n) is 1.58. The molecule has 1 heterocycles. The average Bonchev–Trinajstić information content (AvgIpc) is 2.45. The van der Waals surface area contributed by atoms with Crippen LogP contribution in [0.25, 0.3) is 0 Å². The van der Waals surface area contributed by atoms with Crippen LogP contribution in [0.2, 0.25) is 10.0 Å². The lowest BCUT2D eigenvalue weighted by Crippen LogP contribution is -2.13. The van der Waals surface area contributed by atoms with Gasteiger partial charge in [0, 0.05) is 18.3 Å². The Kier molecular flexibility index (Phi) is 4.93. The number of halogens is 5. The van der Waals surface area contributed by atoms with Crippen LogP contribution in [0, 0.1) is 0 Å². The lowest BCUT2D eigenvalue weighted by molar-refractivity contribution is -0.137. The molecule has 116 valence electrons. The molecule has 0 radical (unpaired) electrons. The van der Waals surface area contributed by atoms with E-state index in [1.165, 1.54) is 18.3 Å². The minimum Gasteiger partial charge on any atom is -0.250 e. The van der Waals surface area contributed by atoms with Crippen molar-refractivity contribution in [2.75, 3.05) is 12.1 Å². The van der Waals surface area contributed by atoms with Crippen molar-refractivity contribution in [3.63, 3.8) is 0 Å². The minimum absolute atomic E-state index is 0.125. The third-order valence-electron chi connectivity index (χ3n) is 2.71. The van der Waals surface area contributed by atoms with E-state index in [0.717, 1.165) is 17.8 Å². The molecule has 0 amide bonds. The summed E-state index contributed by atoms with van der Waals surface area (Å²) in [6.45, 7) is 0. The van der Waals surface area contributed by atoms with Crippen molar-refractivity contribution < 1.29 is 13.2 Å². The van der Waals surface area contributed by atoms with E-state index in [2.05, 4.69) is 10.1 Å². The molecule has 0 bridgehead atoms. The first-order chi connectivity index (χ1) is 10.3. The molecule has 0 saturated carbocycles. The van der Waals surface area contributed by atoms with Crippen molar-refractivity contribution in [1.29, 1.82) is 0 Å². The van der Waals surface area contributed by atoms with Crippen LogP contribution in [0.15, 0.2) is 41.6 Å². The molecule has 2 aromatic rings. The first-order valence-corrected chi connectivity index (χ1v) is 6.79. The minimum atomic E-state index is -4.49. The SMILES string of the molecule is CN(/N=C\c1ccc(Cl)cc1)c1ncc(C(F)(F)F)cc1Cl. The molecule has 2 rings (SSSR count). The highest BCUT2D eigenvalue weighted by Crippen LogP contribution is 2.33. The van der Waals surface area contributed by atoms with Crippen molar-refractivity contribution in [2.45, 2.75) is 6.18 Å². The van der Waals surface area contributed by atoms with Crippen LogP contribution in [0.1, 0.15) is 11.1 Å². The number of pyridine rings is 1. The number of nitrogens with zero attached hydrogens (tertiary/aromatic N) is 3. The summed E-state index contributed by atoms with van der Waals surface area (Å²) >= 11 is 11.6. The van der Waals surface area contributed by atoms with E-state index in [-0.39, 0.29) is 10.8 Å². The normalized spacial score (nSPS) is 11.9. The number of rotatable bonds is 3. The van der Waals surface area contributed by atoms with Gasteiger partial charge in [0.1, 0.15) is 0 Å². The van der Waals surface area contributed by atoms with E-state index in [1.807, 2.05) is 0 Å². The molecule has 1 aromatic heterocycles. The van der Waals surface area contributed by atoms with Crippen LogP contribution in [-0.2, 0) is 6.18 Å². The second-order valence-electron chi connectivity index (χ2n) is 4.35. The molecule has 0 N–H and O–H groups in total. The summed E-state index contributed by atoms with van der Waals surface area (Å²) in [5.41, 5.74) is -0.129. The predicted molar refractivity (Wildman–Crippen MR) is 81.7 cm³/mol. The van der Waals surface area contributed by atoms with Gasteiger partial charge >= 0.3 is 6.18 Å². The zero-order valence-corrected chi connectivity index (χ0v) is 12.8. The van der Waals surface area contributed by atoms with E-state index < -0.39 is 11.7 Å². The molecule has 0 fully saturated rings. The summed E-state index contributed by atoms with van der Waals surface area (Å²) < 4.78 is 37.7. The molecular formula is C14H10Cl2F3N3. The molecule has 1 aromatic carbocycles. The molecule has 0 spiro atoms. The number of alkyl halides is 3. The number of benzene rings is 1. The summed E-state index contributed by atoms with van der Waals surface area (Å²) in [6, 6.07) is 7.72. The average molecular weight is 348 g/mol.